The van der Waals surface area contributed by atoms with Crippen LogP contribution in [0.25, 0.3) is 0 Å². The fourth-order valence-corrected chi connectivity index (χ4v) is 0.860. The van der Waals surface area contributed by atoms with Gasteiger partial charge in [-0.25, -0.2) is 0 Å². The first-order chi connectivity index (χ1) is 5.99. The lowest BCUT2D eigenvalue weighted by Crippen LogP contribution is -1.98. The van der Waals surface area contributed by atoms with Crippen LogP contribution in [0.1, 0.15) is 10.6 Å². The molecular formula is C8H5Cl3O2. The van der Waals surface area contributed by atoms with E-state index in [2.05, 4.69) is 0 Å². The van der Waals surface area contributed by atoms with Crippen molar-refractivity contribution in [2.75, 3.05) is 0 Å². The highest BCUT2D eigenvalue weighted by molar-refractivity contribution is 6.69. The van der Waals surface area contributed by atoms with Gasteiger partial charge in [0.25, 0.3) is 0 Å². The SMILES string of the molecule is O=C(/C=C/C(Cl)(Cl)Cl)c1ccco1. The van der Waals surface area contributed by atoms with Crippen molar-refractivity contribution in [1.82, 2.24) is 0 Å². The van der Waals surface area contributed by atoms with Crippen LogP contribution in [0.3, 0.4) is 0 Å². The summed E-state index contributed by atoms with van der Waals surface area (Å²) in [6, 6.07) is 3.14. The third-order valence-electron chi connectivity index (χ3n) is 1.19. The molecule has 0 N–H and O–H groups in total. The highest BCUT2D eigenvalue weighted by atomic mass is 35.6. The molecule has 0 radical (unpaired) electrons. The van der Waals surface area contributed by atoms with E-state index in [1.807, 2.05) is 0 Å². The molecule has 0 aliphatic heterocycles. The fourth-order valence-electron chi connectivity index (χ4n) is 0.671. The molecule has 0 aliphatic carbocycles. The third kappa shape index (κ3) is 3.85. The van der Waals surface area contributed by atoms with Gasteiger partial charge >= 0.3 is 0 Å². The average molecular weight is 239 g/mol. The van der Waals surface area contributed by atoms with Crippen molar-refractivity contribution in [3.63, 3.8) is 0 Å². The number of ketones is 1. The predicted molar refractivity (Wildman–Crippen MR) is 52.5 cm³/mol. The standard InChI is InChI=1S/C8H5Cl3O2/c9-8(10,11)4-3-6(12)7-2-1-5-13-7/h1-5H/b4-3+. The van der Waals surface area contributed by atoms with E-state index < -0.39 is 3.79 Å². The second-order valence-electron chi connectivity index (χ2n) is 2.22. The summed E-state index contributed by atoms with van der Waals surface area (Å²) < 4.78 is 3.28. The van der Waals surface area contributed by atoms with Crippen molar-refractivity contribution in [1.29, 1.82) is 0 Å². The van der Waals surface area contributed by atoms with E-state index in [1.165, 1.54) is 18.4 Å². The smallest absolute Gasteiger partial charge is 0.220 e. The average Bonchev–Trinajstić information content (AvgIpc) is 2.50. The fraction of sp³-hybridized carbons (Fsp3) is 0.125. The minimum Gasteiger partial charge on any atom is -0.461 e. The van der Waals surface area contributed by atoms with Gasteiger partial charge in [-0.15, -0.1) is 0 Å². The van der Waals surface area contributed by atoms with Gasteiger partial charge in [0, 0.05) is 0 Å². The number of alkyl halides is 3. The molecule has 0 saturated carbocycles. The Morgan fingerprint density at radius 1 is 1.46 bits per heavy atom. The summed E-state index contributed by atoms with van der Waals surface area (Å²) in [5, 5.41) is 0. The maximum absolute atomic E-state index is 11.2. The van der Waals surface area contributed by atoms with Crippen molar-refractivity contribution in [2.24, 2.45) is 0 Å². The largest absolute Gasteiger partial charge is 0.461 e. The minimum atomic E-state index is -1.55. The summed E-state index contributed by atoms with van der Waals surface area (Å²) in [6.45, 7) is 0. The number of hydrogen-bond acceptors (Lipinski definition) is 2. The van der Waals surface area contributed by atoms with Crippen LogP contribution in [0.4, 0.5) is 0 Å². The van der Waals surface area contributed by atoms with E-state index in [0.29, 0.717) is 0 Å². The molecule has 0 aromatic carbocycles. The van der Waals surface area contributed by atoms with Crippen LogP contribution >= 0.6 is 34.8 Å². The van der Waals surface area contributed by atoms with Crippen LogP contribution in [0.5, 0.6) is 0 Å². The van der Waals surface area contributed by atoms with Crippen LogP contribution in [0.15, 0.2) is 35.0 Å². The Morgan fingerprint density at radius 2 is 2.15 bits per heavy atom. The van der Waals surface area contributed by atoms with Gasteiger partial charge in [-0.2, -0.15) is 0 Å². The number of carbonyl (C=O) groups is 1. The number of carbonyl (C=O) groups excluding carboxylic acids is 1. The highest BCUT2D eigenvalue weighted by Crippen LogP contribution is 2.27. The summed E-state index contributed by atoms with van der Waals surface area (Å²) in [5.74, 6) is -0.123. The van der Waals surface area contributed by atoms with Crippen LogP contribution in [-0.2, 0) is 0 Å². The number of rotatable bonds is 2. The molecule has 0 unspecified atom stereocenters. The molecule has 1 heterocycles. The van der Waals surface area contributed by atoms with Gasteiger partial charge in [-0.3, -0.25) is 4.79 Å². The molecule has 70 valence electrons. The van der Waals surface area contributed by atoms with Crippen molar-refractivity contribution < 1.29 is 9.21 Å². The number of furan rings is 1. The van der Waals surface area contributed by atoms with Crippen LogP contribution < -0.4 is 0 Å². The molecule has 13 heavy (non-hydrogen) atoms. The maximum atomic E-state index is 11.2. The Hall–Kier alpha value is -0.440. The second kappa shape index (κ2) is 4.18. The first-order valence-corrected chi connectivity index (χ1v) is 4.46. The summed E-state index contributed by atoms with van der Waals surface area (Å²) in [6.07, 6.45) is 3.73. The molecular weight excluding hydrogens is 234 g/mol. The summed E-state index contributed by atoms with van der Waals surface area (Å²) in [7, 11) is 0. The van der Waals surface area contributed by atoms with Gasteiger partial charge < -0.3 is 4.42 Å². The summed E-state index contributed by atoms with van der Waals surface area (Å²) >= 11 is 16.2. The molecule has 1 aromatic rings. The lowest BCUT2D eigenvalue weighted by atomic mass is 10.3. The Labute approximate surface area is 90.1 Å². The zero-order valence-corrected chi connectivity index (χ0v) is 8.60. The monoisotopic (exact) mass is 238 g/mol. The molecule has 1 aromatic heterocycles. The minimum absolute atomic E-state index is 0.213. The molecule has 0 amide bonds. The van der Waals surface area contributed by atoms with Crippen molar-refractivity contribution in [3.05, 3.63) is 36.3 Å². The molecule has 0 spiro atoms. The van der Waals surface area contributed by atoms with Crippen molar-refractivity contribution in [2.45, 2.75) is 3.79 Å². The second-order valence-corrected chi connectivity index (χ2v) is 4.59. The van der Waals surface area contributed by atoms with E-state index in [9.17, 15) is 4.79 Å². The quantitative estimate of drug-likeness (QED) is 0.450. The van der Waals surface area contributed by atoms with Crippen molar-refractivity contribution in [3.8, 4) is 0 Å². The predicted octanol–water partition coefficient (Wildman–Crippen LogP) is 3.39. The molecule has 0 fully saturated rings. The Bertz CT molecular complexity index is 309. The summed E-state index contributed by atoms with van der Waals surface area (Å²) in [5.41, 5.74) is 0. The molecule has 2 nitrogen and oxygen atoms in total. The normalized spacial score (nSPS) is 12.2. The van der Waals surface area contributed by atoms with Crippen LogP contribution in [0, 0.1) is 0 Å². The molecule has 0 atom stereocenters. The molecule has 5 heteroatoms. The number of halogens is 3. The first-order valence-electron chi connectivity index (χ1n) is 3.33. The van der Waals surface area contributed by atoms with E-state index >= 15 is 0 Å². The van der Waals surface area contributed by atoms with Crippen LogP contribution in [-0.4, -0.2) is 9.58 Å². The summed E-state index contributed by atoms with van der Waals surface area (Å²) in [4.78, 5) is 11.2. The zero-order valence-electron chi connectivity index (χ0n) is 6.34. The maximum Gasteiger partial charge on any atom is 0.220 e. The molecule has 0 aliphatic rings. The van der Waals surface area contributed by atoms with E-state index in [1.54, 1.807) is 6.07 Å². The van der Waals surface area contributed by atoms with E-state index in [0.717, 1.165) is 6.08 Å². The lowest BCUT2D eigenvalue weighted by Gasteiger charge is -2.00. The Balaban J connectivity index is 2.67. The zero-order chi connectivity index (χ0) is 9.90. The molecule has 1 rings (SSSR count). The Kier molecular flexibility index (Phi) is 3.42. The van der Waals surface area contributed by atoms with Crippen LogP contribution in [0.2, 0.25) is 0 Å². The number of hydrogen-bond donors (Lipinski definition) is 0. The molecule has 0 saturated heterocycles. The number of allylic oxidation sites excluding steroid dienone is 2. The molecule has 0 bridgehead atoms. The lowest BCUT2D eigenvalue weighted by molar-refractivity contribution is 0.102. The van der Waals surface area contributed by atoms with Gasteiger partial charge in [0.1, 0.15) is 0 Å². The highest BCUT2D eigenvalue weighted by Gasteiger charge is 2.15. The Morgan fingerprint density at radius 3 is 2.62 bits per heavy atom. The topological polar surface area (TPSA) is 30.2 Å². The third-order valence-corrected chi connectivity index (χ3v) is 1.57. The van der Waals surface area contributed by atoms with E-state index in [-0.39, 0.29) is 11.5 Å². The first kappa shape index (κ1) is 10.6. The van der Waals surface area contributed by atoms with Gasteiger partial charge in [0.2, 0.25) is 9.58 Å². The van der Waals surface area contributed by atoms with Crippen molar-refractivity contribution >= 4 is 40.6 Å². The van der Waals surface area contributed by atoms with Gasteiger partial charge in [0.05, 0.1) is 6.26 Å². The van der Waals surface area contributed by atoms with E-state index in [4.69, 9.17) is 39.2 Å². The van der Waals surface area contributed by atoms with Gasteiger partial charge in [-0.05, 0) is 24.3 Å². The van der Waals surface area contributed by atoms with Gasteiger partial charge in [0.15, 0.2) is 5.76 Å². The van der Waals surface area contributed by atoms with Gasteiger partial charge in [-0.1, -0.05) is 34.8 Å².